The first-order chi connectivity index (χ1) is 8.66. The zero-order valence-corrected chi connectivity index (χ0v) is 10.1. The lowest BCUT2D eigenvalue weighted by atomic mass is 10.1. The molecule has 0 aliphatic rings. The summed E-state index contributed by atoms with van der Waals surface area (Å²) in [5, 5.41) is 12.2. The van der Waals surface area contributed by atoms with Gasteiger partial charge in [-0.3, -0.25) is 9.78 Å². The van der Waals surface area contributed by atoms with Gasteiger partial charge in [0, 0.05) is 24.5 Å². The number of aromatic nitrogens is 1. The SMILES string of the molecule is Cc1cc(C(=O)NCc2ccncc2)ccc1O. The third-order valence-corrected chi connectivity index (χ3v) is 2.66. The van der Waals surface area contributed by atoms with Gasteiger partial charge in [-0.2, -0.15) is 0 Å². The van der Waals surface area contributed by atoms with Gasteiger partial charge in [0.25, 0.3) is 5.91 Å². The summed E-state index contributed by atoms with van der Waals surface area (Å²) in [6.07, 6.45) is 3.37. The molecule has 92 valence electrons. The molecule has 0 aliphatic carbocycles. The van der Waals surface area contributed by atoms with Gasteiger partial charge in [-0.25, -0.2) is 0 Å². The Bertz CT molecular complexity index is 553. The van der Waals surface area contributed by atoms with Crippen LogP contribution >= 0.6 is 0 Å². The number of pyridine rings is 1. The molecule has 2 aromatic rings. The number of amides is 1. The summed E-state index contributed by atoms with van der Waals surface area (Å²) in [4.78, 5) is 15.8. The molecule has 0 saturated carbocycles. The maximum atomic E-state index is 11.9. The number of phenols is 1. The average Bonchev–Trinajstić information content (AvgIpc) is 2.40. The predicted octanol–water partition coefficient (Wildman–Crippen LogP) is 2.03. The largest absolute Gasteiger partial charge is 0.508 e. The number of rotatable bonds is 3. The number of carbonyl (C=O) groups is 1. The number of aryl methyl sites for hydroxylation is 1. The molecule has 0 aliphatic heterocycles. The van der Waals surface area contributed by atoms with Gasteiger partial charge < -0.3 is 10.4 Å². The molecule has 0 spiro atoms. The molecule has 0 unspecified atom stereocenters. The summed E-state index contributed by atoms with van der Waals surface area (Å²) >= 11 is 0. The van der Waals surface area contributed by atoms with Crippen LogP contribution in [0.2, 0.25) is 0 Å². The maximum absolute atomic E-state index is 11.9. The molecule has 18 heavy (non-hydrogen) atoms. The predicted molar refractivity (Wildman–Crippen MR) is 68.3 cm³/mol. The molecule has 2 rings (SSSR count). The summed E-state index contributed by atoms with van der Waals surface area (Å²) in [7, 11) is 0. The minimum Gasteiger partial charge on any atom is -0.508 e. The fourth-order valence-corrected chi connectivity index (χ4v) is 1.58. The lowest BCUT2D eigenvalue weighted by Crippen LogP contribution is -2.22. The Hall–Kier alpha value is -2.36. The number of hydrogen-bond donors (Lipinski definition) is 2. The van der Waals surface area contributed by atoms with Crippen LogP contribution in [-0.2, 0) is 6.54 Å². The lowest BCUT2D eigenvalue weighted by molar-refractivity contribution is 0.0951. The van der Waals surface area contributed by atoms with E-state index in [2.05, 4.69) is 10.3 Å². The Morgan fingerprint density at radius 2 is 2.00 bits per heavy atom. The number of benzene rings is 1. The van der Waals surface area contributed by atoms with Crippen molar-refractivity contribution in [3.05, 3.63) is 59.4 Å². The van der Waals surface area contributed by atoms with E-state index in [0.29, 0.717) is 17.7 Å². The van der Waals surface area contributed by atoms with Gasteiger partial charge in [0.05, 0.1) is 0 Å². The summed E-state index contributed by atoms with van der Waals surface area (Å²) in [6, 6.07) is 8.49. The van der Waals surface area contributed by atoms with E-state index < -0.39 is 0 Å². The van der Waals surface area contributed by atoms with Crippen molar-refractivity contribution in [2.75, 3.05) is 0 Å². The van der Waals surface area contributed by atoms with Crippen molar-refractivity contribution >= 4 is 5.91 Å². The van der Waals surface area contributed by atoms with E-state index in [9.17, 15) is 9.90 Å². The van der Waals surface area contributed by atoms with Crippen LogP contribution in [0, 0.1) is 6.92 Å². The number of carbonyl (C=O) groups excluding carboxylic acids is 1. The van der Waals surface area contributed by atoms with Crippen LogP contribution in [-0.4, -0.2) is 16.0 Å². The molecule has 1 heterocycles. The van der Waals surface area contributed by atoms with Crippen molar-refractivity contribution in [2.24, 2.45) is 0 Å². The van der Waals surface area contributed by atoms with Gasteiger partial charge in [0.1, 0.15) is 5.75 Å². The summed E-state index contributed by atoms with van der Waals surface area (Å²) in [6.45, 7) is 2.22. The van der Waals surface area contributed by atoms with Crippen LogP contribution in [0.4, 0.5) is 0 Å². The molecule has 4 heteroatoms. The van der Waals surface area contributed by atoms with E-state index in [-0.39, 0.29) is 11.7 Å². The van der Waals surface area contributed by atoms with Crippen LogP contribution in [0.15, 0.2) is 42.7 Å². The van der Waals surface area contributed by atoms with Crippen molar-refractivity contribution in [2.45, 2.75) is 13.5 Å². The number of nitrogens with one attached hydrogen (secondary N) is 1. The molecular formula is C14H14N2O2. The highest BCUT2D eigenvalue weighted by molar-refractivity contribution is 5.94. The molecule has 1 aromatic carbocycles. The van der Waals surface area contributed by atoms with E-state index in [1.54, 1.807) is 31.5 Å². The van der Waals surface area contributed by atoms with E-state index in [1.807, 2.05) is 12.1 Å². The van der Waals surface area contributed by atoms with E-state index in [1.165, 1.54) is 6.07 Å². The van der Waals surface area contributed by atoms with Crippen LogP contribution in [0.5, 0.6) is 5.75 Å². The first-order valence-corrected chi connectivity index (χ1v) is 5.63. The lowest BCUT2D eigenvalue weighted by Gasteiger charge is -2.06. The molecule has 0 fully saturated rings. The molecule has 2 N–H and O–H groups in total. The van der Waals surface area contributed by atoms with E-state index in [0.717, 1.165) is 5.56 Å². The fraction of sp³-hybridized carbons (Fsp3) is 0.143. The van der Waals surface area contributed by atoms with Gasteiger partial charge in [-0.05, 0) is 48.4 Å². The average molecular weight is 242 g/mol. The van der Waals surface area contributed by atoms with Crippen molar-refractivity contribution in [1.29, 1.82) is 0 Å². The Morgan fingerprint density at radius 3 is 2.67 bits per heavy atom. The maximum Gasteiger partial charge on any atom is 0.251 e. The Kier molecular flexibility index (Phi) is 3.57. The normalized spacial score (nSPS) is 10.1. The second-order valence-electron chi connectivity index (χ2n) is 4.04. The monoisotopic (exact) mass is 242 g/mol. The molecule has 4 nitrogen and oxygen atoms in total. The standard InChI is InChI=1S/C14H14N2O2/c1-10-8-12(2-3-13(10)17)14(18)16-9-11-4-6-15-7-5-11/h2-8,17H,9H2,1H3,(H,16,18). The molecule has 0 atom stereocenters. The number of aromatic hydroxyl groups is 1. The molecule has 0 saturated heterocycles. The van der Waals surface area contributed by atoms with E-state index in [4.69, 9.17) is 0 Å². The molecule has 1 aromatic heterocycles. The molecule has 1 amide bonds. The highest BCUT2D eigenvalue weighted by Crippen LogP contribution is 2.16. The van der Waals surface area contributed by atoms with Gasteiger partial charge in [-0.1, -0.05) is 0 Å². The third-order valence-electron chi connectivity index (χ3n) is 2.66. The van der Waals surface area contributed by atoms with Gasteiger partial charge in [-0.15, -0.1) is 0 Å². The zero-order chi connectivity index (χ0) is 13.0. The van der Waals surface area contributed by atoms with Gasteiger partial charge in [0.15, 0.2) is 0 Å². The van der Waals surface area contributed by atoms with Crippen LogP contribution < -0.4 is 5.32 Å². The van der Waals surface area contributed by atoms with Gasteiger partial charge >= 0.3 is 0 Å². The Morgan fingerprint density at radius 1 is 1.28 bits per heavy atom. The minimum atomic E-state index is -0.157. The van der Waals surface area contributed by atoms with Crippen molar-refractivity contribution < 1.29 is 9.90 Å². The summed E-state index contributed by atoms with van der Waals surface area (Å²) in [5.74, 6) is 0.0376. The summed E-state index contributed by atoms with van der Waals surface area (Å²) < 4.78 is 0. The number of nitrogens with zero attached hydrogens (tertiary/aromatic N) is 1. The highest BCUT2D eigenvalue weighted by Gasteiger charge is 2.06. The van der Waals surface area contributed by atoms with Crippen LogP contribution in [0.1, 0.15) is 21.5 Å². The van der Waals surface area contributed by atoms with Crippen molar-refractivity contribution in [3.8, 4) is 5.75 Å². The topological polar surface area (TPSA) is 62.2 Å². The van der Waals surface area contributed by atoms with Crippen molar-refractivity contribution in [1.82, 2.24) is 10.3 Å². The fourth-order valence-electron chi connectivity index (χ4n) is 1.58. The number of hydrogen-bond acceptors (Lipinski definition) is 3. The Labute approximate surface area is 105 Å². The molecule has 0 radical (unpaired) electrons. The smallest absolute Gasteiger partial charge is 0.251 e. The van der Waals surface area contributed by atoms with Crippen LogP contribution in [0.25, 0.3) is 0 Å². The molecule has 0 bridgehead atoms. The first kappa shape index (κ1) is 12.1. The summed E-state index contributed by atoms with van der Waals surface area (Å²) in [5.41, 5.74) is 2.22. The van der Waals surface area contributed by atoms with Crippen LogP contribution in [0.3, 0.4) is 0 Å². The first-order valence-electron chi connectivity index (χ1n) is 5.63. The second-order valence-corrected chi connectivity index (χ2v) is 4.04. The highest BCUT2D eigenvalue weighted by atomic mass is 16.3. The number of phenolic OH excluding ortho intramolecular Hbond substituents is 1. The van der Waals surface area contributed by atoms with Crippen molar-refractivity contribution in [3.63, 3.8) is 0 Å². The Balaban J connectivity index is 2.02. The van der Waals surface area contributed by atoms with E-state index >= 15 is 0 Å². The molecular weight excluding hydrogens is 228 g/mol. The quantitative estimate of drug-likeness (QED) is 0.865. The zero-order valence-electron chi connectivity index (χ0n) is 10.1. The second kappa shape index (κ2) is 5.31. The van der Waals surface area contributed by atoms with Gasteiger partial charge in [0.2, 0.25) is 0 Å². The third kappa shape index (κ3) is 2.85. The minimum absolute atomic E-state index is 0.157.